The molecule has 0 fully saturated rings. The standard InChI is InChI=1S/C19H26N8O4/c1-9(30-10(2)28)15(31-11(3)29)13-18(27-26-12-7-5-4-6-8-12)24-17-14(22-13)16(20)23-19(21)25-17/h4-9,13,15,18,22,26-27H,1-3H3,(H5,20,21,23,24,25)/t9-,13?,15-,18?/m0/s1. The first-order valence-electron chi connectivity index (χ1n) is 9.61. The van der Waals surface area contributed by atoms with E-state index in [-0.39, 0.29) is 11.8 Å². The van der Waals surface area contributed by atoms with E-state index in [1.807, 2.05) is 30.3 Å². The quantitative estimate of drug-likeness (QED) is 0.267. The largest absolute Gasteiger partial charge is 0.459 e. The van der Waals surface area contributed by atoms with E-state index in [1.165, 1.54) is 13.8 Å². The number of nitrogen functional groups attached to an aromatic ring is 2. The van der Waals surface area contributed by atoms with Crippen LogP contribution in [-0.4, -0.2) is 46.3 Å². The van der Waals surface area contributed by atoms with Crippen molar-refractivity contribution >= 4 is 40.9 Å². The molecule has 0 bridgehead atoms. The van der Waals surface area contributed by atoms with Crippen LogP contribution in [0.4, 0.5) is 29.0 Å². The highest BCUT2D eigenvalue weighted by Gasteiger charge is 2.41. The Morgan fingerprint density at radius 3 is 2.39 bits per heavy atom. The molecule has 0 saturated heterocycles. The summed E-state index contributed by atoms with van der Waals surface area (Å²) in [6.45, 7) is 4.20. The van der Waals surface area contributed by atoms with Crippen LogP contribution in [0.25, 0.3) is 0 Å². The van der Waals surface area contributed by atoms with Gasteiger partial charge in [0.1, 0.15) is 24.0 Å². The molecular weight excluding hydrogens is 404 g/mol. The Hall–Kier alpha value is -3.80. The van der Waals surface area contributed by atoms with Gasteiger partial charge in [-0.2, -0.15) is 9.97 Å². The van der Waals surface area contributed by atoms with Crippen LogP contribution >= 0.6 is 0 Å². The Morgan fingerprint density at radius 1 is 1.06 bits per heavy atom. The van der Waals surface area contributed by atoms with Crippen molar-refractivity contribution in [3.8, 4) is 0 Å². The highest BCUT2D eigenvalue weighted by Crippen LogP contribution is 2.33. The Kier molecular flexibility index (Phi) is 6.60. The molecule has 2 aromatic rings. The van der Waals surface area contributed by atoms with Crippen LogP contribution in [0, 0.1) is 0 Å². The molecule has 3 rings (SSSR count). The van der Waals surface area contributed by atoms with Crippen molar-refractivity contribution in [1.29, 1.82) is 0 Å². The molecule has 166 valence electrons. The number of hydrogen-bond donors (Lipinski definition) is 6. The molecule has 2 unspecified atom stereocenters. The first kappa shape index (κ1) is 21.9. The number of ether oxygens (including phenoxy) is 2. The van der Waals surface area contributed by atoms with E-state index < -0.39 is 36.4 Å². The van der Waals surface area contributed by atoms with Crippen molar-refractivity contribution in [3.05, 3.63) is 30.3 Å². The summed E-state index contributed by atoms with van der Waals surface area (Å²) in [5, 5.41) is 6.38. The van der Waals surface area contributed by atoms with Gasteiger partial charge < -0.3 is 37.0 Å². The van der Waals surface area contributed by atoms with Crippen molar-refractivity contribution in [2.75, 3.05) is 27.5 Å². The third kappa shape index (κ3) is 5.42. The molecule has 8 N–H and O–H groups in total. The van der Waals surface area contributed by atoms with E-state index in [0.717, 1.165) is 5.69 Å². The van der Waals surface area contributed by atoms with E-state index in [9.17, 15) is 9.59 Å². The van der Waals surface area contributed by atoms with Gasteiger partial charge in [-0.25, -0.2) is 5.43 Å². The maximum absolute atomic E-state index is 11.8. The molecule has 4 atom stereocenters. The molecule has 1 aliphatic rings. The molecule has 0 amide bonds. The van der Waals surface area contributed by atoms with Crippen LogP contribution in [0.15, 0.2) is 30.3 Å². The molecule has 12 heteroatoms. The minimum atomic E-state index is -0.880. The number of anilines is 5. The van der Waals surface area contributed by atoms with Crippen molar-refractivity contribution in [2.45, 2.75) is 45.2 Å². The smallest absolute Gasteiger partial charge is 0.303 e. The van der Waals surface area contributed by atoms with Gasteiger partial charge in [0.15, 0.2) is 17.7 Å². The lowest BCUT2D eigenvalue weighted by molar-refractivity contribution is -0.165. The number of hydrogen-bond acceptors (Lipinski definition) is 12. The van der Waals surface area contributed by atoms with Gasteiger partial charge >= 0.3 is 11.9 Å². The zero-order valence-corrected chi connectivity index (χ0v) is 17.4. The number of benzene rings is 1. The zero-order valence-electron chi connectivity index (χ0n) is 17.4. The molecule has 1 aromatic heterocycles. The maximum Gasteiger partial charge on any atom is 0.303 e. The second-order valence-electron chi connectivity index (χ2n) is 7.01. The molecule has 2 heterocycles. The van der Waals surface area contributed by atoms with Gasteiger partial charge in [-0.05, 0) is 19.1 Å². The molecule has 12 nitrogen and oxygen atoms in total. The monoisotopic (exact) mass is 430 g/mol. The average molecular weight is 430 g/mol. The summed E-state index contributed by atoms with van der Waals surface area (Å²) in [6.07, 6.45) is -2.24. The van der Waals surface area contributed by atoms with Crippen molar-refractivity contribution in [3.63, 3.8) is 0 Å². The second kappa shape index (κ2) is 9.34. The zero-order chi connectivity index (χ0) is 22.5. The Balaban J connectivity index is 1.93. The normalized spacial score (nSPS) is 19.1. The maximum atomic E-state index is 11.8. The number of nitrogens with zero attached hydrogens (tertiary/aromatic N) is 2. The lowest BCUT2D eigenvalue weighted by Crippen LogP contribution is -2.61. The second-order valence-corrected chi connectivity index (χ2v) is 7.01. The van der Waals surface area contributed by atoms with E-state index in [2.05, 4.69) is 31.5 Å². The van der Waals surface area contributed by atoms with Crippen molar-refractivity contribution < 1.29 is 19.1 Å². The lowest BCUT2D eigenvalue weighted by atomic mass is 10.0. The van der Waals surface area contributed by atoms with Crippen LogP contribution in [-0.2, 0) is 19.1 Å². The predicted octanol–water partition coefficient (Wildman–Crippen LogP) is 0.673. The van der Waals surface area contributed by atoms with Gasteiger partial charge in [0.25, 0.3) is 0 Å². The van der Waals surface area contributed by atoms with Gasteiger partial charge in [-0.15, -0.1) is 0 Å². The number of carbonyl (C=O) groups is 2. The topological polar surface area (TPSA) is 179 Å². The number of para-hydroxylation sites is 1. The Bertz CT molecular complexity index is 942. The third-order valence-electron chi connectivity index (χ3n) is 4.53. The number of carbonyl (C=O) groups excluding carboxylic acids is 2. The number of fused-ring (bicyclic) bond motifs is 1. The highest BCUT2D eigenvalue weighted by atomic mass is 16.6. The van der Waals surface area contributed by atoms with Crippen LogP contribution < -0.4 is 33.0 Å². The van der Waals surface area contributed by atoms with E-state index in [4.69, 9.17) is 20.9 Å². The number of nitrogens with one attached hydrogen (secondary N) is 4. The molecule has 0 radical (unpaired) electrons. The first-order chi connectivity index (χ1) is 14.7. The van der Waals surface area contributed by atoms with E-state index >= 15 is 0 Å². The lowest BCUT2D eigenvalue weighted by Gasteiger charge is -2.41. The van der Waals surface area contributed by atoms with E-state index in [1.54, 1.807) is 6.92 Å². The summed E-state index contributed by atoms with van der Waals surface area (Å²) in [7, 11) is 0. The molecule has 1 aromatic carbocycles. The van der Waals surface area contributed by atoms with E-state index in [0.29, 0.717) is 11.5 Å². The summed E-state index contributed by atoms with van der Waals surface area (Å²) in [5.74, 6) is -0.542. The molecule has 0 spiro atoms. The van der Waals surface area contributed by atoms with Gasteiger partial charge in [-0.3, -0.25) is 9.59 Å². The number of aromatic nitrogens is 2. The number of nitrogens with two attached hydrogens (primary N) is 2. The molecule has 31 heavy (non-hydrogen) atoms. The summed E-state index contributed by atoms with van der Waals surface area (Å²) >= 11 is 0. The fraction of sp³-hybridized carbons (Fsp3) is 0.368. The number of esters is 2. The Labute approximate surface area is 179 Å². The fourth-order valence-corrected chi connectivity index (χ4v) is 3.29. The number of hydrazine groups is 1. The summed E-state index contributed by atoms with van der Waals surface area (Å²) < 4.78 is 10.8. The molecular formula is C19H26N8O4. The summed E-state index contributed by atoms with van der Waals surface area (Å²) in [6, 6.07) is 8.75. The summed E-state index contributed by atoms with van der Waals surface area (Å²) in [5.41, 5.74) is 19.1. The molecule has 0 saturated carbocycles. The van der Waals surface area contributed by atoms with Gasteiger partial charge in [0.05, 0.1) is 0 Å². The van der Waals surface area contributed by atoms with Crippen LogP contribution in [0.5, 0.6) is 0 Å². The first-order valence-corrected chi connectivity index (χ1v) is 9.61. The van der Waals surface area contributed by atoms with Crippen LogP contribution in [0.1, 0.15) is 20.8 Å². The summed E-state index contributed by atoms with van der Waals surface area (Å²) in [4.78, 5) is 31.5. The van der Waals surface area contributed by atoms with Crippen molar-refractivity contribution in [1.82, 2.24) is 15.4 Å². The van der Waals surface area contributed by atoms with Gasteiger partial charge in [-0.1, -0.05) is 18.2 Å². The minimum Gasteiger partial charge on any atom is -0.459 e. The highest BCUT2D eigenvalue weighted by molar-refractivity contribution is 5.79. The molecule has 1 aliphatic heterocycles. The third-order valence-corrected chi connectivity index (χ3v) is 4.53. The van der Waals surface area contributed by atoms with Crippen LogP contribution in [0.2, 0.25) is 0 Å². The van der Waals surface area contributed by atoms with Gasteiger partial charge in [0.2, 0.25) is 5.95 Å². The average Bonchev–Trinajstić information content (AvgIpc) is 2.70. The fourth-order valence-electron chi connectivity index (χ4n) is 3.29. The minimum absolute atomic E-state index is 0.00332. The number of rotatable bonds is 7. The SMILES string of the molecule is CC(=O)O[C@@H](C)[C@H](OC(C)=O)C1Nc2c(N)nc(N)nc2NC1NNc1ccccc1. The Morgan fingerprint density at radius 2 is 1.74 bits per heavy atom. The van der Waals surface area contributed by atoms with Crippen molar-refractivity contribution in [2.24, 2.45) is 0 Å². The predicted molar refractivity (Wildman–Crippen MR) is 116 cm³/mol. The van der Waals surface area contributed by atoms with Crippen LogP contribution in [0.3, 0.4) is 0 Å². The van der Waals surface area contributed by atoms with Gasteiger partial charge in [0, 0.05) is 19.5 Å². The molecule has 0 aliphatic carbocycles.